The quantitative estimate of drug-likeness (QED) is 0.665. The molecule has 2 rings (SSSR count). The molecule has 0 radical (unpaired) electrons. The highest BCUT2D eigenvalue weighted by atomic mass is 32.2. The summed E-state index contributed by atoms with van der Waals surface area (Å²) in [6.07, 6.45) is 3.06. The molecule has 0 N–H and O–H groups in total. The number of piperidine rings is 1. The fourth-order valence-electron chi connectivity index (χ4n) is 3.38. The summed E-state index contributed by atoms with van der Waals surface area (Å²) >= 11 is 0. The van der Waals surface area contributed by atoms with Gasteiger partial charge in [-0.25, -0.2) is 8.42 Å². The first-order valence-corrected chi connectivity index (χ1v) is 10.8. The zero-order valence-corrected chi connectivity index (χ0v) is 17.4. The average Bonchev–Trinajstić information content (AvgIpc) is 2.64. The minimum absolute atomic E-state index is 0.0323. The summed E-state index contributed by atoms with van der Waals surface area (Å²) in [6, 6.07) is 2.97. The van der Waals surface area contributed by atoms with Crippen LogP contribution in [0.3, 0.4) is 0 Å². The van der Waals surface area contributed by atoms with E-state index in [2.05, 4.69) is 4.90 Å². The van der Waals surface area contributed by atoms with Crippen molar-refractivity contribution in [3.8, 4) is 0 Å². The summed E-state index contributed by atoms with van der Waals surface area (Å²) in [7, 11) is 0.388. The molecule has 8 nitrogen and oxygen atoms in total. The van der Waals surface area contributed by atoms with Crippen LogP contribution in [0.4, 0.5) is 0 Å². The number of rotatable bonds is 7. The van der Waals surface area contributed by atoms with Crippen molar-refractivity contribution in [3.63, 3.8) is 0 Å². The second-order valence-corrected chi connectivity index (χ2v) is 8.93. The largest absolute Gasteiger partial charge is 0.341 e. The monoisotopic (exact) mass is 398 g/mol. The normalized spacial score (nSPS) is 16.3. The highest BCUT2D eigenvalue weighted by Gasteiger charge is 2.25. The molecule has 0 spiro atoms. The van der Waals surface area contributed by atoms with Crippen molar-refractivity contribution in [2.24, 2.45) is 0 Å². The van der Waals surface area contributed by atoms with Crippen molar-refractivity contribution >= 4 is 15.9 Å². The number of hydrogen-bond donors (Lipinski definition) is 0. The Labute approximate surface area is 161 Å². The lowest BCUT2D eigenvalue weighted by Crippen LogP contribution is -2.46. The number of aromatic nitrogens is 1. The molecule has 0 saturated carbocycles. The van der Waals surface area contributed by atoms with Gasteiger partial charge in [-0.2, -0.15) is 4.31 Å². The van der Waals surface area contributed by atoms with Crippen LogP contribution in [0.2, 0.25) is 0 Å². The third-order valence-electron chi connectivity index (χ3n) is 5.15. The molecule has 1 aliphatic rings. The SMILES string of the molecule is CCN(CC)S(=O)(=O)c1ccc(=O)n(CC(=O)N2CCC(N(C)C)CC2)c1. The molecular weight excluding hydrogens is 368 g/mol. The lowest BCUT2D eigenvalue weighted by atomic mass is 10.0. The number of nitrogens with zero attached hydrogens (tertiary/aromatic N) is 4. The molecule has 9 heteroatoms. The molecule has 152 valence electrons. The molecule has 1 saturated heterocycles. The van der Waals surface area contributed by atoms with E-state index in [1.807, 2.05) is 14.1 Å². The van der Waals surface area contributed by atoms with Gasteiger partial charge in [-0.05, 0) is 33.0 Å². The van der Waals surface area contributed by atoms with Gasteiger partial charge in [0.1, 0.15) is 6.54 Å². The number of sulfonamides is 1. The van der Waals surface area contributed by atoms with E-state index < -0.39 is 10.0 Å². The van der Waals surface area contributed by atoms with Gasteiger partial charge < -0.3 is 14.4 Å². The molecule has 0 aliphatic carbocycles. The van der Waals surface area contributed by atoms with Crippen molar-refractivity contribution in [1.82, 2.24) is 18.7 Å². The second kappa shape index (κ2) is 8.99. The van der Waals surface area contributed by atoms with Crippen LogP contribution in [0.15, 0.2) is 28.0 Å². The molecule has 1 fully saturated rings. The van der Waals surface area contributed by atoms with Crippen LogP contribution >= 0.6 is 0 Å². The lowest BCUT2D eigenvalue weighted by molar-refractivity contribution is -0.133. The Bertz CT molecular complexity index is 807. The molecule has 2 heterocycles. The molecule has 1 aliphatic heterocycles. The first kappa shape index (κ1) is 21.6. The second-order valence-electron chi connectivity index (χ2n) is 7.00. The Morgan fingerprint density at radius 2 is 1.74 bits per heavy atom. The van der Waals surface area contributed by atoms with Gasteiger partial charge in [-0.3, -0.25) is 9.59 Å². The molecule has 0 atom stereocenters. The molecule has 27 heavy (non-hydrogen) atoms. The van der Waals surface area contributed by atoms with E-state index in [9.17, 15) is 18.0 Å². The number of likely N-dealkylation sites (tertiary alicyclic amines) is 1. The Morgan fingerprint density at radius 1 is 1.15 bits per heavy atom. The maximum atomic E-state index is 12.7. The van der Waals surface area contributed by atoms with Gasteiger partial charge in [0, 0.05) is 44.5 Å². The maximum Gasteiger partial charge on any atom is 0.251 e. The zero-order valence-electron chi connectivity index (χ0n) is 16.6. The number of carbonyl (C=O) groups is 1. The summed E-state index contributed by atoms with van der Waals surface area (Å²) in [5, 5.41) is 0. The Kier molecular flexibility index (Phi) is 7.19. The third kappa shape index (κ3) is 4.97. The zero-order chi connectivity index (χ0) is 20.2. The van der Waals surface area contributed by atoms with E-state index in [0.29, 0.717) is 32.2 Å². The van der Waals surface area contributed by atoms with E-state index in [1.54, 1.807) is 18.7 Å². The molecule has 0 unspecified atom stereocenters. The summed E-state index contributed by atoms with van der Waals surface area (Å²) in [5.74, 6) is -0.160. The Morgan fingerprint density at radius 3 is 2.26 bits per heavy atom. The van der Waals surface area contributed by atoms with Crippen molar-refractivity contribution in [2.45, 2.75) is 44.2 Å². The summed E-state index contributed by atoms with van der Waals surface area (Å²) in [6.45, 7) is 5.36. The molecule has 1 aromatic rings. The molecule has 0 aromatic carbocycles. The minimum Gasteiger partial charge on any atom is -0.341 e. The molecule has 0 bridgehead atoms. The van der Waals surface area contributed by atoms with E-state index in [0.717, 1.165) is 12.8 Å². The van der Waals surface area contributed by atoms with Crippen molar-refractivity contribution in [3.05, 3.63) is 28.7 Å². The van der Waals surface area contributed by atoms with Gasteiger partial charge in [-0.1, -0.05) is 13.8 Å². The standard InChI is InChI=1S/C18H30N4O4S/c1-5-22(6-2)27(25,26)16-7-8-17(23)21(13-16)14-18(24)20-11-9-15(10-12-20)19(3)4/h7-8,13,15H,5-6,9-12,14H2,1-4H3. The van der Waals surface area contributed by atoms with E-state index in [-0.39, 0.29) is 22.9 Å². The van der Waals surface area contributed by atoms with Crippen molar-refractivity contribution in [1.29, 1.82) is 0 Å². The first-order valence-electron chi connectivity index (χ1n) is 9.35. The Balaban J connectivity index is 2.15. The molecule has 1 aromatic heterocycles. The minimum atomic E-state index is -3.67. The highest BCUT2D eigenvalue weighted by molar-refractivity contribution is 7.89. The van der Waals surface area contributed by atoms with Crippen LogP contribution in [-0.2, 0) is 21.4 Å². The van der Waals surface area contributed by atoms with Gasteiger partial charge in [0.15, 0.2) is 0 Å². The molecular formula is C18H30N4O4S. The first-order chi connectivity index (χ1) is 12.7. The van der Waals surface area contributed by atoms with Gasteiger partial charge in [-0.15, -0.1) is 0 Å². The van der Waals surface area contributed by atoms with Crippen molar-refractivity contribution in [2.75, 3.05) is 40.3 Å². The van der Waals surface area contributed by atoms with E-state index in [4.69, 9.17) is 0 Å². The maximum absolute atomic E-state index is 12.7. The fourth-order valence-corrected chi connectivity index (χ4v) is 4.85. The van der Waals surface area contributed by atoms with E-state index in [1.165, 1.54) is 27.2 Å². The van der Waals surface area contributed by atoms with Crippen LogP contribution in [0.25, 0.3) is 0 Å². The van der Waals surface area contributed by atoms with Crippen LogP contribution < -0.4 is 5.56 Å². The molecule has 1 amide bonds. The summed E-state index contributed by atoms with van der Waals surface area (Å²) in [5.41, 5.74) is -0.384. The van der Waals surface area contributed by atoms with Gasteiger partial charge >= 0.3 is 0 Å². The van der Waals surface area contributed by atoms with E-state index >= 15 is 0 Å². The van der Waals surface area contributed by atoms with Crippen LogP contribution in [0.5, 0.6) is 0 Å². The predicted molar refractivity (Wildman–Crippen MR) is 104 cm³/mol. The number of pyridine rings is 1. The smallest absolute Gasteiger partial charge is 0.251 e. The van der Waals surface area contributed by atoms with Crippen LogP contribution in [0, 0.1) is 0 Å². The van der Waals surface area contributed by atoms with Crippen molar-refractivity contribution < 1.29 is 13.2 Å². The number of carbonyl (C=O) groups excluding carboxylic acids is 1. The highest BCUT2D eigenvalue weighted by Crippen LogP contribution is 2.16. The van der Waals surface area contributed by atoms with Crippen LogP contribution in [-0.4, -0.2) is 79.3 Å². The third-order valence-corrected chi connectivity index (χ3v) is 7.19. The summed E-state index contributed by atoms with van der Waals surface area (Å²) < 4.78 is 27.8. The topological polar surface area (TPSA) is 82.9 Å². The van der Waals surface area contributed by atoms with Crippen LogP contribution in [0.1, 0.15) is 26.7 Å². The fraction of sp³-hybridized carbons (Fsp3) is 0.667. The number of amides is 1. The average molecular weight is 399 g/mol. The Hall–Kier alpha value is -1.71. The van der Waals surface area contributed by atoms with Gasteiger partial charge in [0.25, 0.3) is 5.56 Å². The predicted octanol–water partition coefficient (Wildman–Crippen LogP) is 0.431. The van der Waals surface area contributed by atoms with Gasteiger partial charge in [0.2, 0.25) is 15.9 Å². The lowest BCUT2D eigenvalue weighted by Gasteiger charge is -2.35. The van der Waals surface area contributed by atoms with Gasteiger partial charge in [0.05, 0.1) is 4.90 Å². The number of hydrogen-bond acceptors (Lipinski definition) is 5. The summed E-state index contributed by atoms with van der Waals surface area (Å²) in [4.78, 5) is 28.7.